The van der Waals surface area contributed by atoms with Crippen molar-refractivity contribution in [3.05, 3.63) is 78.2 Å². The fraction of sp³-hybridized carbons (Fsp3) is 0.176. The van der Waals surface area contributed by atoms with Gasteiger partial charge in [0.15, 0.2) is 5.76 Å². The summed E-state index contributed by atoms with van der Waals surface area (Å²) in [6.07, 6.45) is 0. The lowest BCUT2D eigenvalue weighted by Crippen LogP contribution is -2.29. The third-order valence-electron chi connectivity index (χ3n) is 4.07. The molecule has 0 aliphatic carbocycles. The first kappa shape index (κ1) is 19.4. The average molecular weight is 409 g/mol. The number of methoxy groups -OCH3 is 1. The molecule has 0 radical (unpaired) electrons. The molecule has 3 rings (SSSR count). The predicted octanol–water partition coefficient (Wildman–Crippen LogP) is 1.56. The zero-order chi connectivity index (χ0) is 20.6. The molecule has 0 saturated heterocycles. The van der Waals surface area contributed by atoms with Gasteiger partial charge in [0.25, 0.3) is 5.69 Å². The summed E-state index contributed by atoms with van der Waals surface area (Å²) in [4.78, 5) is 35.0. The van der Waals surface area contributed by atoms with Crippen molar-refractivity contribution in [2.75, 3.05) is 7.11 Å². The maximum absolute atomic E-state index is 12.3. The number of carbonyl (C=O) groups excluding carboxylic acids is 1. The van der Waals surface area contributed by atoms with Gasteiger partial charge in [-0.1, -0.05) is 17.7 Å². The minimum atomic E-state index is -1.10. The first-order valence-electron chi connectivity index (χ1n) is 7.75. The van der Waals surface area contributed by atoms with E-state index in [0.29, 0.717) is 0 Å². The lowest BCUT2D eigenvalue weighted by molar-refractivity contribution is -0.384. The normalized spacial score (nSPS) is 15.6. The lowest BCUT2D eigenvalue weighted by atomic mass is 9.86. The summed E-state index contributed by atoms with van der Waals surface area (Å²) in [5.41, 5.74) is 4.95. The van der Waals surface area contributed by atoms with E-state index in [-0.39, 0.29) is 45.0 Å². The van der Waals surface area contributed by atoms with Crippen molar-refractivity contribution in [2.24, 2.45) is 5.73 Å². The molecule has 0 spiro atoms. The molecule has 10 nitrogen and oxygen atoms in total. The number of esters is 1. The molecule has 0 bridgehead atoms. The van der Waals surface area contributed by atoms with Gasteiger partial charge in [-0.25, -0.2) is 4.79 Å². The number of carbonyl (C=O) groups is 1. The predicted molar refractivity (Wildman–Crippen MR) is 94.7 cm³/mol. The van der Waals surface area contributed by atoms with Crippen LogP contribution < -0.4 is 15.9 Å². The number of ether oxygens (including phenoxy) is 2. The van der Waals surface area contributed by atoms with Crippen LogP contribution in [0.2, 0.25) is 5.02 Å². The molecule has 1 atom stereocenters. The van der Waals surface area contributed by atoms with E-state index in [2.05, 4.69) is 0 Å². The molecule has 1 aromatic carbocycles. The van der Waals surface area contributed by atoms with Crippen LogP contribution >= 0.6 is 11.6 Å². The van der Waals surface area contributed by atoms with Gasteiger partial charge in [-0.15, -0.1) is 0 Å². The van der Waals surface area contributed by atoms with Gasteiger partial charge in [0.05, 0.1) is 18.0 Å². The second kappa shape index (κ2) is 7.33. The number of nitrogens with two attached hydrogens (primary N) is 1. The second-order valence-electron chi connectivity index (χ2n) is 5.70. The number of nitro benzene ring substituents is 1. The maximum Gasteiger partial charge on any atom is 0.340 e. The highest BCUT2D eigenvalue weighted by Crippen LogP contribution is 2.43. The minimum absolute atomic E-state index is 0.0740. The molecule has 1 aliphatic heterocycles. The molecular formula is C17H13ClN2O8. The number of rotatable bonds is 4. The number of nitro groups is 1. The van der Waals surface area contributed by atoms with Crippen molar-refractivity contribution in [1.29, 1.82) is 0 Å². The Bertz CT molecular complexity index is 1080. The quantitative estimate of drug-likeness (QED) is 0.435. The number of fused-ring (bicyclic) bond motifs is 1. The highest BCUT2D eigenvalue weighted by Gasteiger charge is 2.39. The van der Waals surface area contributed by atoms with E-state index in [1.54, 1.807) is 0 Å². The third kappa shape index (κ3) is 3.19. The number of hydrogen-bond donors (Lipinski definition) is 2. The lowest BCUT2D eigenvalue weighted by Gasteiger charge is -2.26. The average Bonchev–Trinajstić information content (AvgIpc) is 2.66. The Kier molecular flexibility index (Phi) is 5.08. The van der Waals surface area contributed by atoms with Gasteiger partial charge in [-0.3, -0.25) is 14.9 Å². The largest absolute Gasteiger partial charge is 0.465 e. The molecule has 28 heavy (non-hydrogen) atoms. The maximum atomic E-state index is 12.3. The number of halogens is 1. The van der Waals surface area contributed by atoms with Crippen molar-refractivity contribution in [3.63, 3.8) is 0 Å². The Labute approximate surface area is 161 Å². The van der Waals surface area contributed by atoms with Crippen molar-refractivity contribution >= 4 is 23.3 Å². The van der Waals surface area contributed by atoms with Gasteiger partial charge >= 0.3 is 5.97 Å². The minimum Gasteiger partial charge on any atom is -0.465 e. The molecule has 0 amide bonds. The van der Waals surface area contributed by atoms with E-state index in [0.717, 1.165) is 19.2 Å². The Hall–Kier alpha value is -3.37. The Morgan fingerprint density at radius 1 is 1.43 bits per heavy atom. The number of hydrogen-bond acceptors (Lipinski definition) is 9. The topological polar surface area (TPSA) is 155 Å². The smallest absolute Gasteiger partial charge is 0.340 e. The molecule has 11 heteroatoms. The SMILES string of the molecule is COC(=O)C1=C(N)Oc2c(oc(CO)cc2=O)C1c1ccc([N+](=O)[O-])c(Cl)c1. The Balaban J connectivity index is 2.30. The summed E-state index contributed by atoms with van der Waals surface area (Å²) in [7, 11) is 1.12. The number of aliphatic hydroxyl groups excluding tert-OH is 1. The van der Waals surface area contributed by atoms with E-state index >= 15 is 0 Å². The Morgan fingerprint density at radius 3 is 2.71 bits per heavy atom. The van der Waals surface area contributed by atoms with Crippen LogP contribution in [0.15, 0.2) is 44.9 Å². The van der Waals surface area contributed by atoms with Crippen molar-refractivity contribution in [2.45, 2.75) is 12.5 Å². The van der Waals surface area contributed by atoms with Crippen LogP contribution in [0.4, 0.5) is 5.69 Å². The summed E-state index contributed by atoms with van der Waals surface area (Å²) in [5.74, 6) is -2.82. The summed E-state index contributed by atoms with van der Waals surface area (Å²) >= 11 is 5.99. The molecule has 1 aliphatic rings. The van der Waals surface area contributed by atoms with Crippen LogP contribution in [-0.2, 0) is 16.1 Å². The molecule has 1 unspecified atom stereocenters. The van der Waals surface area contributed by atoms with Gasteiger partial charge in [0.1, 0.15) is 23.0 Å². The zero-order valence-corrected chi connectivity index (χ0v) is 15.1. The van der Waals surface area contributed by atoms with Gasteiger partial charge < -0.3 is 24.7 Å². The van der Waals surface area contributed by atoms with Crippen molar-refractivity contribution in [3.8, 4) is 5.75 Å². The van der Waals surface area contributed by atoms with E-state index < -0.39 is 28.8 Å². The van der Waals surface area contributed by atoms with Crippen molar-refractivity contribution < 1.29 is 28.7 Å². The zero-order valence-electron chi connectivity index (χ0n) is 14.3. The first-order chi connectivity index (χ1) is 13.3. The fourth-order valence-corrected chi connectivity index (χ4v) is 3.11. The third-order valence-corrected chi connectivity index (χ3v) is 4.37. The molecule has 0 fully saturated rings. The summed E-state index contributed by atoms with van der Waals surface area (Å²) in [5, 5.41) is 20.2. The summed E-state index contributed by atoms with van der Waals surface area (Å²) < 4.78 is 15.5. The number of benzene rings is 1. The van der Waals surface area contributed by atoms with Crippen LogP contribution in [0, 0.1) is 10.1 Å². The number of nitrogens with zero attached hydrogens (tertiary/aromatic N) is 1. The fourth-order valence-electron chi connectivity index (χ4n) is 2.85. The molecule has 1 aromatic heterocycles. The molecule has 146 valence electrons. The van der Waals surface area contributed by atoms with Gasteiger partial charge in [0, 0.05) is 12.1 Å². The summed E-state index contributed by atoms with van der Waals surface area (Å²) in [6.45, 7) is -0.580. The standard InChI is InChI=1S/C17H13ClN2O8/c1-26-17(23)13-12(7-2-3-10(20(24)25)9(18)4-7)15-14(28-16(13)19)11(22)5-8(6-21)27-15/h2-5,12,21H,6,19H2,1H3. The Morgan fingerprint density at radius 2 is 2.14 bits per heavy atom. The summed E-state index contributed by atoms with van der Waals surface area (Å²) in [6, 6.07) is 4.76. The monoisotopic (exact) mass is 408 g/mol. The van der Waals surface area contributed by atoms with Gasteiger partial charge in [0.2, 0.25) is 17.1 Å². The molecule has 3 N–H and O–H groups in total. The molecule has 0 saturated carbocycles. The molecule has 2 aromatic rings. The highest BCUT2D eigenvalue weighted by atomic mass is 35.5. The van der Waals surface area contributed by atoms with E-state index in [4.69, 9.17) is 31.2 Å². The van der Waals surface area contributed by atoms with Crippen LogP contribution in [0.5, 0.6) is 5.75 Å². The van der Waals surface area contributed by atoms with Crippen LogP contribution in [0.25, 0.3) is 0 Å². The van der Waals surface area contributed by atoms with Crippen LogP contribution in [0.1, 0.15) is 23.0 Å². The molecule has 2 heterocycles. The van der Waals surface area contributed by atoms with Crippen LogP contribution in [0.3, 0.4) is 0 Å². The van der Waals surface area contributed by atoms with E-state index in [1.165, 1.54) is 12.1 Å². The van der Waals surface area contributed by atoms with Gasteiger partial charge in [-0.2, -0.15) is 0 Å². The highest BCUT2D eigenvalue weighted by molar-refractivity contribution is 6.32. The molecular weight excluding hydrogens is 396 g/mol. The number of aliphatic hydroxyl groups is 1. The first-order valence-corrected chi connectivity index (χ1v) is 8.13. The van der Waals surface area contributed by atoms with E-state index in [9.17, 15) is 24.8 Å². The van der Waals surface area contributed by atoms with Crippen molar-refractivity contribution in [1.82, 2.24) is 0 Å². The second-order valence-corrected chi connectivity index (χ2v) is 6.11. The van der Waals surface area contributed by atoms with Gasteiger partial charge in [-0.05, 0) is 11.6 Å². The van der Waals surface area contributed by atoms with E-state index in [1.807, 2.05) is 0 Å². The van der Waals surface area contributed by atoms with Crippen LogP contribution in [-0.4, -0.2) is 23.1 Å².